The molecule has 0 spiro atoms. The van der Waals surface area contributed by atoms with E-state index >= 15 is 0 Å². The molecule has 0 bridgehead atoms. The van der Waals surface area contributed by atoms with E-state index in [2.05, 4.69) is 19.1 Å². The Morgan fingerprint density at radius 2 is 1.83 bits per heavy atom. The summed E-state index contributed by atoms with van der Waals surface area (Å²) >= 11 is 0. The number of carbonyl (C=O) groups is 2. The van der Waals surface area contributed by atoms with Crippen molar-refractivity contribution in [3.05, 3.63) is 72.4 Å². The minimum Gasteiger partial charge on any atom is -0.497 e. The second-order valence-electron chi connectivity index (χ2n) is 10.3. The predicted octanol–water partition coefficient (Wildman–Crippen LogP) is 7.10. The summed E-state index contributed by atoms with van der Waals surface area (Å²) in [7, 11) is 1.61. The zero-order valence-corrected chi connectivity index (χ0v) is 22.1. The lowest BCUT2D eigenvalue weighted by molar-refractivity contribution is -0.143. The minimum atomic E-state index is -0.647. The van der Waals surface area contributed by atoms with Crippen LogP contribution in [-0.4, -0.2) is 31.4 Å². The Hall–Kier alpha value is -3.28. The van der Waals surface area contributed by atoms with Crippen LogP contribution < -0.4 is 9.64 Å². The van der Waals surface area contributed by atoms with Crippen molar-refractivity contribution in [3.8, 4) is 5.75 Å². The van der Waals surface area contributed by atoms with Crippen LogP contribution in [0.4, 0.5) is 10.5 Å². The Labute approximate surface area is 215 Å². The summed E-state index contributed by atoms with van der Waals surface area (Å²) in [5.41, 5.74) is 1.12. The number of amides is 1. The van der Waals surface area contributed by atoms with E-state index in [0.29, 0.717) is 30.4 Å². The number of methoxy groups -OCH3 is 1. The van der Waals surface area contributed by atoms with E-state index in [4.69, 9.17) is 14.2 Å². The molecule has 3 rings (SSSR count). The third-order valence-corrected chi connectivity index (χ3v) is 6.45. The van der Waals surface area contributed by atoms with Gasteiger partial charge in [0.05, 0.1) is 19.4 Å². The summed E-state index contributed by atoms with van der Waals surface area (Å²) in [6, 6.07) is 17.4. The highest BCUT2D eigenvalue weighted by Crippen LogP contribution is 2.40. The van der Waals surface area contributed by atoms with Crippen LogP contribution in [-0.2, 0) is 14.3 Å². The third kappa shape index (κ3) is 7.61. The molecule has 2 aromatic rings. The first-order chi connectivity index (χ1) is 17.2. The largest absolute Gasteiger partial charge is 0.497 e. The average molecular weight is 494 g/mol. The van der Waals surface area contributed by atoms with Gasteiger partial charge in [0.15, 0.2) is 0 Å². The van der Waals surface area contributed by atoms with Crippen LogP contribution >= 0.6 is 0 Å². The highest BCUT2D eigenvalue weighted by molar-refractivity contribution is 5.90. The number of hydrogen-bond acceptors (Lipinski definition) is 5. The van der Waals surface area contributed by atoms with Crippen LogP contribution in [0.25, 0.3) is 0 Å². The van der Waals surface area contributed by atoms with Gasteiger partial charge in [0, 0.05) is 18.5 Å². The monoisotopic (exact) mass is 493 g/mol. The van der Waals surface area contributed by atoms with Crippen LogP contribution in [0.1, 0.15) is 64.9 Å². The maximum absolute atomic E-state index is 13.3. The van der Waals surface area contributed by atoms with Gasteiger partial charge in [0.25, 0.3) is 0 Å². The standard InChI is InChI=1S/C30H39NO5/c1-6-10-22-18-20-35-28(32)21-27(22)26(23-11-8-7-9-12-23)17-19-31(29(33)36-30(2,3)4)24-13-15-25(34-5)16-14-24/h7-9,11-17,19,22,26-27H,6,10,18,20-21H2,1-5H3/b19-17-/t22-,26+,27-/m0/s1. The fourth-order valence-electron chi connectivity index (χ4n) is 4.77. The van der Waals surface area contributed by atoms with Gasteiger partial charge in [-0.1, -0.05) is 56.2 Å². The van der Waals surface area contributed by atoms with Crippen molar-refractivity contribution in [1.29, 1.82) is 0 Å². The maximum Gasteiger partial charge on any atom is 0.418 e. The number of carbonyl (C=O) groups excluding carboxylic acids is 2. The highest BCUT2D eigenvalue weighted by atomic mass is 16.6. The second kappa shape index (κ2) is 12.6. The maximum atomic E-state index is 13.3. The lowest BCUT2D eigenvalue weighted by Crippen LogP contribution is -2.33. The third-order valence-electron chi connectivity index (χ3n) is 6.45. The quantitative estimate of drug-likeness (QED) is 0.367. The number of hydrogen-bond donors (Lipinski definition) is 0. The van der Waals surface area contributed by atoms with Gasteiger partial charge in [-0.05, 0) is 68.9 Å². The average Bonchev–Trinajstić information content (AvgIpc) is 3.02. The molecule has 1 heterocycles. The van der Waals surface area contributed by atoms with E-state index in [9.17, 15) is 9.59 Å². The van der Waals surface area contributed by atoms with Gasteiger partial charge in [0.1, 0.15) is 11.4 Å². The number of esters is 1. The molecule has 194 valence electrons. The molecule has 2 aromatic carbocycles. The zero-order valence-electron chi connectivity index (χ0n) is 22.1. The van der Waals surface area contributed by atoms with Crippen molar-refractivity contribution >= 4 is 17.7 Å². The molecule has 1 aliphatic heterocycles. The van der Waals surface area contributed by atoms with Crippen LogP contribution in [0.15, 0.2) is 66.9 Å². The Kier molecular flexibility index (Phi) is 9.57. The van der Waals surface area contributed by atoms with Crippen molar-refractivity contribution in [1.82, 2.24) is 0 Å². The molecule has 1 amide bonds. The number of benzene rings is 2. The number of anilines is 1. The first kappa shape index (κ1) is 27.3. The topological polar surface area (TPSA) is 65.1 Å². The van der Waals surface area contributed by atoms with Crippen LogP contribution in [0, 0.1) is 11.8 Å². The van der Waals surface area contributed by atoms with Crippen LogP contribution in [0.5, 0.6) is 5.75 Å². The molecular formula is C30H39NO5. The van der Waals surface area contributed by atoms with Crippen molar-refractivity contribution in [2.24, 2.45) is 11.8 Å². The Balaban J connectivity index is 2.03. The van der Waals surface area contributed by atoms with Gasteiger partial charge in [-0.3, -0.25) is 9.69 Å². The molecular weight excluding hydrogens is 454 g/mol. The summed E-state index contributed by atoms with van der Waals surface area (Å²) in [6.45, 7) is 8.17. The Bertz CT molecular complexity index is 1010. The first-order valence-electron chi connectivity index (χ1n) is 12.8. The molecule has 36 heavy (non-hydrogen) atoms. The lowest BCUT2D eigenvalue weighted by Gasteiger charge is -2.31. The highest BCUT2D eigenvalue weighted by Gasteiger charge is 2.34. The molecule has 0 N–H and O–H groups in total. The number of ether oxygens (including phenoxy) is 3. The van der Waals surface area contributed by atoms with Crippen molar-refractivity contribution in [2.45, 2.75) is 64.9 Å². The van der Waals surface area contributed by atoms with Gasteiger partial charge in [0.2, 0.25) is 0 Å². The fraction of sp³-hybridized carbons (Fsp3) is 0.467. The van der Waals surface area contributed by atoms with Crippen molar-refractivity contribution in [3.63, 3.8) is 0 Å². The molecule has 6 nitrogen and oxygen atoms in total. The van der Waals surface area contributed by atoms with Gasteiger partial charge in [-0.15, -0.1) is 0 Å². The smallest absolute Gasteiger partial charge is 0.418 e. The number of allylic oxidation sites excluding steroid dienone is 1. The molecule has 6 heteroatoms. The molecule has 0 aliphatic carbocycles. The van der Waals surface area contributed by atoms with Gasteiger partial charge < -0.3 is 14.2 Å². The van der Waals surface area contributed by atoms with E-state index in [1.54, 1.807) is 13.3 Å². The molecule has 0 radical (unpaired) electrons. The molecule has 1 saturated heterocycles. The number of rotatable bonds is 8. The molecule has 1 fully saturated rings. The predicted molar refractivity (Wildman–Crippen MR) is 142 cm³/mol. The molecule has 0 unspecified atom stereocenters. The van der Waals surface area contributed by atoms with E-state index in [1.807, 2.05) is 69.3 Å². The van der Waals surface area contributed by atoms with E-state index < -0.39 is 11.7 Å². The van der Waals surface area contributed by atoms with Gasteiger partial charge >= 0.3 is 12.1 Å². The van der Waals surface area contributed by atoms with E-state index in [0.717, 1.165) is 24.8 Å². The fourth-order valence-corrected chi connectivity index (χ4v) is 4.77. The Morgan fingerprint density at radius 1 is 1.14 bits per heavy atom. The lowest BCUT2D eigenvalue weighted by atomic mass is 9.73. The van der Waals surface area contributed by atoms with Crippen molar-refractivity contribution in [2.75, 3.05) is 18.6 Å². The molecule has 0 saturated carbocycles. The molecule has 0 aromatic heterocycles. The van der Waals surface area contributed by atoms with E-state index in [-0.39, 0.29) is 17.8 Å². The van der Waals surface area contributed by atoms with Crippen LogP contribution in [0.3, 0.4) is 0 Å². The molecule has 3 atom stereocenters. The summed E-state index contributed by atoms with van der Waals surface area (Å²) in [6.07, 6.45) is 6.60. The zero-order chi connectivity index (χ0) is 26.1. The summed E-state index contributed by atoms with van der Waals surface area (Å²) in [5.74, 6) is 0.874. The normalized spacial score (nSPS) is 19.3. The number of nitrogens with zero attached hydrogens (tertiary/aromatic N) is 1. The second-order valence-corrected chi connectivity index (χ2v) is 10.3. The van der Waals surface area contributed by atoms with E-state index in [1.165, 1.54) is 4.90 Å². The van der Waals surface area contributed by atoms with Gasteiger partial charge in [-0.25, -0.2) is 4.79 Å². The Morgan fingerprint density at radius 3 is 2.44 bits per heavy atom. The van der Waals surface area contributed by atoms with Gasteiger partial charge in [-0.2, -0.15) is 0 Å². The van der Waals surface area contributed by atoms with Crippen LogP contribution in [0.2, 0.25) is 0 Å². The number of cyclic esters (lactones) is 1. The summed E-state index contributed by atoms with van der Waals surface area (Å²) in [4.78, 5) is 27.3. The minimum absolute atomic E-state index is 0.0648. The summed E-state index contributed by atoms with van der Waals surface area (Å²) in [5, 5.41) is 0. The first-order valence-corrected chi connectivity index (χ1v) is 12.8. The SMILES string of the molecule is CCC[C@H]1CCOC(=O)C[C@@H]1[C@H](/C=C\N(C(=O)OC(C)(C)C)c1ccc(OC)cc1)c1ccccc1. The van der Waals surface area contributed by atoms with Crippen molar-refractivity contribution < 1.29 is 23.8 Å². The summed E-state index contributed by atoms with van der Waals surface area (Å²) < 4.78 is 16.5. The molecule has 1 aliphatic rings.